The van der Waals surface area contributed by atoms with Crippen molar-refractivity contribution >= 4 is 17.9 Å². The quantitative estimate of drug-likeness (QED) is 0.684. The molecule has 20 heavy (non-hydrogen) atoms. The molecule has 1 fully saturated rings. The maximum Gasteiger partial charge on any atom is 0.326 e. The molecule has 2 unspecified atom stereocenters. The Bertz CT molecular complexity index is 386. The van der Waals surface area contributed by atoms with E-state index in [1.165, 1.54) is 0 Å². The Hall–Kier alpha value is -1.79. The second kappa shape index (κ2) is 7.12. The van der Waals surface area contributed by atoms with Gasteiger partial charge in [-0.1, -0.05) is 6.92 Å². The Kier molecular flexibility index (Phi) is 5.79. The number of piperidine rings is 1. The standard InChI is InChI=1S/C13H23N3O4/c1-8-5-6-16(9(2)7-8)13(20)15-10(12(18)19)3-4-11(14)17/h8-10H,3-7H2,1-2H3,(H2,14,17)(H,15,20)(H,18,19)/t8?,9?,10-/m1/s1. The minimum absolute atomic E-state index is 0.00896. The van der Waals surface area contributed by atoms with Crippen LogP contribution in [0.2, 0.25) is 0 Å². The van der Waals surface area contributed by atoms with E-state index in [1.807, 2.05) is 6.92 Å². The number of carboxylic acid groups (broad SMARTS) is 1. The number of carboxylic acids is 1. The maximum absolute atomic E-state index is 12.1. The molecule has 0 aliphatic carbocycles. The van der Waals surface area contributed by atoms with Crippen LogP contribution in [0.1, 0.15) is 39.5 Å². The second-order valence-electron chi connectivity index (χ2n) is 5.52. The van der Waals surface area contributed by atoms with Gasteiger partial charge >= 0.3 is 12.0 Å². The first-order chi connectivity index (χ1) is 9.31. The fourth-order valence-electron chi connectivity index (χ4n) is 2.48. The average molecular weight is 285 g/mol. The molecular formula is C13H23N3O4. The Morgan fingerprint density at radius 2 is 2.05 bits per heavy atom. The van der Waals surface area contributed by atoms with E-state index in [1.54, 1.807) is 4.90 Å². The summed E-state index contributed by atoms with van der Waals surface area (Å²) in [5, 5.41) is 11.5. The van der Waals surface area contributed by atoms with Crippen molar-refractivity contribution in [1.82, 2.24) is 10.2 Å². The molecule has 1 rings (SSSR count). The number of amides is 3. The molecule has 4 N–H and O–H groups in total. The lowest BCUT2D eigenvalue weighted by Gasteiger charge is -2.37. The first-order valence-corrected chi connectivity index (χ1v) is 6.89. The van der Waals surface area contributed by atoms with E-state index >= 15 is 0 Å². The van der Waals surface area contributed by atoms with Gasteiger partial charge in [-0.25, -0.2) is 9.59 Å². The number of nitrogens with zero attached hydrogens (tertiary/aromatic N) is 1. The number of hydrogen-bond donors (Lipinski definition) is 3. The number of aliphatic carboxylic acids is 1. The zero-order valence-corrected chi connectivity index (χ0v) is 12.0. The third-order valence-corrected chi connectivity index (χ3v) is 3.67. The van der Waals surface area contributed by atoms with Crippen LogP contribution in [0.25, 0.3) is 0 Å². The third-order valence-electron chi connectivity index (χ3n) is 3.67. The minimum atomic E-state index is -1.15. The van der Waals surface area contributed by atoms with Crippen LogP contribution in [0, 0.1) is 5.92 Å². The van der Waals surface area contributed by atoms with Gasteiger partial charge in [0.05, 0.1) is 0 Å². The molecular weight excluding hydrogens is 262 g/mol. The minimum Gasteiger partial charge on any atom is -0.480 e. The van der Waals surface area contributed by atoms with Crippen LogP contribution < -0.4 is 11.1 Å². The van der Waals surface area contributed by atoms with Crippen molar-refractivity contribution in [1.29, 1.82) is 0 Å². The number of primary amides is 1. The largest absolute Gasteiger partial charge is 0.480 e. The molecule has 1 heterocycles. The van der Waals surface area contributed by atoms with Crippen LogP contribution in [-0.4, -0.2) is 46.5 Å². The fourth-order valence-corrected chi connectivity index (χ4v) is 2.48. The predicted molar refractivity (Wildman–Crippen MR) is 72.9 cm³/mol. The molecule has 0 spiro atoms. The zero-order valence-electron chi connectivity index (χ0n) is 12.0. The number of urea groups is 1. The zero-order chi connectivity index (χ0) is 15.3. The van der Waals surface area contributed by atoms with Gasteiger partial charge in [0.25, 0.3) is 0 Å². The molecule has 0 aromatic carbocycles. The highest BCUT2D eigenvalue weighted by Gasteiger charge is 2.29. The van der Waals surface area contributed by atoms with Crippen molar-refractivity contribution in [2.24, 2.45) is 11.7 Å². The summed E-state index contributed by atoms with van der Waals surface area (Å²) in [6.07, 6.45) is 1.77. The van der Waals surface area contributed by atoms with Gasteiger partial charge < -0.3 is 21.1 Å². The van der Waals surface area contributed by atoms with Crippen LogP contribution in [0.4, 0.5) is 4.79 Å². The molecule has 0 radical (unpaired) electrons. The monoisotopic (exact) mass is 285 g/mol. The predicted octanol–water partition coefficient (Wildman–Crippen LogP) is 0.535. The molecule has 0 aromatic rings. The van der Waals surface area contributed by atoms with Gasteiger partial charge in [0, 0.05) is 19.0 Å². The van der Waals surface area contributed by atoms with E-state index in [0.717, 1.165) is 12.8 Å². The molecule has 0 bridgehead atoms. The Morgan fingerprint density at radius 3 is 2.55 bits per heavy atom. The molecule has 3 atom stereocenters. The number of nitrogens with two attached hydrogens (primary N) is 1. The highest BCUT2D eigenvalue weighted by atomic mass is 16.4. The molecule has 1 aliphatic heterocycles. The third kappa shape index (κ3) is 4.71. The molecule has 1 saturated heterocycles. The Morgan fingerprint density at radius 1 is 1.40 bits per heavy atom. The van der Waals surface area contributed by atoms with Crippen LogP contribution >= 0.6 is 0 Å². The Balaban J connectivity index is 2.57. The number of rotatable bonds is 5. The highest BCUT2D eigenvalue weighted by Crippen LogP contribution is 2.22. The first kappa shape index (κ1) is 16.3. The van der Waals surface area contributed by atoms with Gasteiger partial charge in [0.1, 0.15) is 6.04 Å². The number of nitrogens with one attached hydrogen (secondary N) is 1. The van der Waals surface area contributed by atoms with Gasteiger partial charge in [-0.2, -0.15) is 0 Å². The molecule has 0 aromatic heterocycles. The summed E-state index contributed by atoms with van der Waals surface area (Å²) in [6, 6.07) is -1.38. The summed E-state index contributed by atoms with van der Waals surface area (Å²) in [6.45, 7) is 4.71. The topological polar surface area (TPSA) is 113 Å². The summed E-state index contributed by atoms with van der Waals surface area (Å²) in [4.78, 5) is 35.5. The van der Waals surface area contributed by atoms with Crippen molar-refractivity contribution in [2.75, 3.05) is 6.54 Å². The molecule has 7 heteroatoms. The van der Waals surface area contributed by atoms with E-state index in [4.69, 9.17) is 10.8 Å². The molecule has 114 valence electrons. The lowest BCUT2D eigenvalue weighted by Crippen LogP contribution is -2.53. The van der Waals surface area contributed by atoms with Gasteiger partial charge in [-0.3, -0.25) is 4.79 Å². The molecule has 1 aliphatic rings. The normalized spacial score (nSPS) is 24.0. The van der Waals surface area contributed by atoms with Gasteiger partial charge in [0.15, 0.2) is 0 Å². The van der Waals surface area contributed by atoms with Crippen LogP contribution in [0.3, 0.4) is 0 Å². The van der Waals surface area contributed by atoms with E-state index < -0.39 is 17.9 Å². The highest BCUT2D eigenvalue weighted by molar-refractivity contribution is 5.83. The summed E-state index contributed by atoms with van der Waals surface area (Å²) in [5.74, 6) is -1.16. The van der Waals surface area contributed by atoms with Crippen LogP contribution in [0.5, 0.6) is 0 Å². The summed E-state index contributed by atoms with van der Waals surface area (Å²) < 4.78 is 0. The number of carbonyl (C=O) groups is 3. The van der Waals surface area contributed by atoms with Gasteiger partial charge in [-0.15, -0.1) is 0 Å². The SMILES string of the molecule is CC1CCN(C(=O)N[C@H](CCC(N)=O)C(=O)O)C(C)C1. The van der Waals surface area contributed by atoms with Crippen LogP contribution in [-0.2, 0) is 9.59 Å². The number of carbonyl (C=O) groups excluding carboxylic acids is 2. The van der Waals surface area contributed by atoms with E-state index in [9.17, 15) is 14.4 Å². The maximum atomic E-state index is 12.1. The van der Waals surface area contributed by atoms with Gasteiger partial charge in [0.2, 0.25) is 5.91 Å². The lowest BCUT2D eigenvalue weighted by atomic mass is 9.94. The van der Waals surface area contributed by atoms with Crippen molar-refractivity contribution in [3.8, 4) is 0 Å². The van der Waals surface area contributed by atoms with E-state index in [2.05, 4.69) is 12.2 Å². The van der Waals surface area contributed by atoms with E-state index in [0.29, 0.717) is 12.5 Å². The van der Waals surface area contributed by atoms with Crippen molar-refractivity contribution in [2.45, 2.75) is 51.6 Å². The summed E-state index contributed by atoms with van der Waals surface area (Å²) in [7, 11) is 0. The van der Waals surface area contributed by atoms with E-state index in [-0.39, 0.29) is 24.9 Å². The average Bonchev–Trinajstić information content (AvgIpc) is 2.33. The van der Waals surface area contributed by atoms with Gasteiger partial charge in [-0.05, 0) is 32.1 Å². The second-order valence-corrected chi connectivity index (χ2v) is 5.52. The van der Waals surface area contributed by atoms with Crippen molar-refractivity contribution in [3.05, 3.63) is 0 Å². The van der Waals surface area contributed by atoms with Crippen molar-refractivity contribution in [3.63, 3.8) is 0 Å². The molecule has 0 saturated carbocycles. The molecule has 7 nitrogen and oxygen atoms in total. The lowest BCUT2D eigenvalue weighted by molar-refractivity contribution is -0.139. The number of likely N-dealkylation sites (tertiary alicyclic amines) is 1. The number of hydrogen-bond acceptors (Lipinski definition) is 3. The summed E-state index contributed by atoms with van der Waals surface area (Å²) >= 11 is 0. The molecule has 3 amide bonds. The fraction of sp³-hybridized carbons (Fsp3) is 0.769. The smallest absolute Gasteiger partial charge is 0.326 e. The van der Waals surface area contributed by atoms with Crippen LogP contribution in [0.15, 0.2) is 0 Å². The summed E-state index contributed by atoms with van der Waals surface area (Å²) in [5.41, 5.74) is 5.00. The Labute approximate surface area is 118 Å². The van der Waals surface area contributed by atoms with Crippen molar-refractivity contribution < 1.29 is 19.5 Å². The first-order valence-electron chi connectivity index (χ1n) is 6.89.